The Hall–Kier alpha value is -1.01. The lowest BCUT2D eigenvalue weighted by Crippen LogP contribution is -2.53. The van der Waals surface area contributed by atoms with Gasteiger partial charge in [0.25, 0.3) is 0 Å². The van der Waals surface area contributed by atoms with E-state index in [1.165, 1.54) is 24.2 Å². The van der Waals surface area contributed by atoms with Crippen molar-refractivity contribution in [3.05, 3.63) is 35.9 Å². The Kier molecular flexibility index (Phi) is 21.2. The summed E-state index contributed by atoms with van der Waals surface area (Å²) in [5.74, 6) is 8.98. The van der Waals surface area contributed by atoms with Gasteiger partial charge in [0.15, 0.2) is 9.84 Å². The van der Waals surface area contributed by atoms with Crippen molar-refractivity contribution in [2.45, 2.75) is 206 Å². The summed E-state index contributed by atoms with van der Waals surface area (Å²) in [7, 11) is -5.77. The molecule has 69 heavy (non-hydrogen) atoms. The minimum atomic E-state index is -3.18. The van der Waals surface area contributed by atoms with Gasteiger partial charge in [0.05, 0.1) is 17.3 Å². The highest BCUT2D eigenvalue weighted by molar-refractivity contribution is 7.91. The van der Waals surface area contributed by atoms with Crippen LogP contribution in [-0.2, 0) is 36.4 Å². The molecule has 402 valence electrons. The Labute approximate surface area is 427 Å². The quantitative estimate of drug-likeness (QED) is 0.223. The molecule has 2 atom stereocenters. The summed E-state index contributed by atoms with van der Waals surface area (Å²) in [5.41, 5.74) is 3.40. The number of hydrogen-bond acceptors (Lipinski definition) is 6. The summed E-state index contributed by atoms with van der Waals surface area (Å²) >= 11 is 0. The molecule has 7 fully saturated rings. The van der Waals surface area contributed by atoms with Crippen molar-refractivity contribution in [3.8, 4) is 0 Å². The first-order valence-corrected chi connectivity index (χ1v) is 32.7. The fraction of sp³-hybridized carbons (Fsp3) is 0.897. The summed E-state index contributed by atoms with van der Waals surface area (Å²) in [4.78, 5) is 0. The van der Waals surface area contributed by atoms with E-state index >= 15 is 0 Å². The number of rotatable bonds is 12. The highest BCUT2D eigenvalue weighted by atomic mass is 32.2. The molecule has 0 radical (unpaired) electrons. The van der Waals surface area contributed by atoms with Gasteiger partial charge in [0.2, 0.25) is 20.0 Å². The molecule has 7 aliphatic rings. The van der Waals surface area contributed by atoms with Gasteiger partial charge in [-0.2, -0.15) is 0 Å². The number of nitrogens with one attached hydrogen (secondary N) is 1. The van der Waals surface area contributed by atoms with E-state index in [0.717, 1.165) is 110 Å². The van der Waals surface area contributed by atoms with Crippen LogP contribution in [0.25, 0.3) is 0 Å². The maximum atomic E-state index is 12.6. The van der Waals surface area contributed by atoms with Crippen LogP contribution in [0.4, 0.5) is 0 Å². The molecule has 0 spiro atoms. The van der Waals surface area contributed by atoms with E-state index in [-0.39, 0.29) is 0 Å². The van der Waals surface area contributed by atoms with Crippen molar-refractivity contribution in [3.63, 3.8) is 0 Å². The van der Waals surface area contributed by atoms with Gasteiger partial charge in [-0.25, -0.2) is 34.3 Å². The predicted molar refractivity (Wildman–Crippen MR) is 294 cm³/mol. The number of sulfone groups is 1. The Morgan fingerprint density at radius 3 is 1.42 bits per heavy atom. The minimum absolute atomic E-state index is 0.299. The van der Waals surface area contributed by atoms with Gasteiger partial charge in [0.1, 0.15) is 0 Å². The SMILES string of the molecule is CC12CC3CC(C1)C(C(C)(C)C)C(C3)C2.CCCS(=O)(=O)CC1CC(C(C)(C)C)C1.CN(Cc1ccccc1)S(=O)(=O)CC1CCC(C(C)(C)C)CC1.CNS(=O)(=O)CC1CCC(C(C)(C)C)CC1. The van der Waals surface area contributed by atoms with Gasteiger partial charge in [-0.05, 0) is 202 Å². The highest BCUT2D eigenvalue weighted by Gasteiger charge is 2.55. The predicted octanol–water partition coefficient (Wildman–Crippen LogP) is 14.1. The third-order valence-electron chi connectivity index (χ3n) is 18.1. The van der Waals surface area contributed by atoms with E-state index in [2.05, 4.69) is 94.7 Å². The first-order valence-electron chi connectivity index (χ1n) is 27.6. The largest absolute Gasteiger partial charge is 0.229 e. The van der Waals surface area contributed by atoms with Crippen molar-refractivity contribution in [2.24, 2.45) is 86.3 Å². The van der Waals surface area contributed by atoms with Crippen LogP contribution >= 0.6 is 0 Å². The number of nitrogens with zero attached hydrogens (tertiary/aromatic N) is 1. The average Bonchev–Trinajstić information content (AvgIpc) is 3.18. The van der Waals surface area contributed by atoms with E-state index in [4.69, 9.17) is 0 Å². The molecule has 7 saturated carbocycles. The van der Waals surface area contributed by atoms with Crippen molar-refractivity contribution >= 4 is 29.9 Å². The molecule has 0 aromatic heterocycles. The van der Waals surface area contributed by atoms with Crippen LogP contribution in [0.2, 0.25) is 0 Å². The van der Waals surface area contributed by atoms with Crippen LogP contribution in [0.5, 0.6) is 0 Å². The van der Waals surface area contributed by atoms with Gasteiger partial charge in [-0.3, -0.25) is 0 Å². The molecule has 1 N–H and O–H groups in total. The normalized spacial score (nSPS) is 31.8. The molecule has 2 unspecified atom stereocenters. The molecular weight excluding hydrogens is 917 g/mol. The van der Waals surface area contributed by atoms with E-state index in [1.54, 1.807) is 39.2 Å². The molecular formula is C58H106N2O6S3. The smallest absolute Gasteiger partial charge is 0.214 e. The van der Waals surface area contributed by atoms with Gasteiger partial charge in [0, 0.05) is 19.3 Å². The Balaban J connectivity index is 0.000000204. The molecule has 4 bridgehead atoms. The third kappa shape index (κ3) is 19.0. The Bertz CT molecular complexity index is 2020. The Morgan fingerprint density at radius 1 is 0.580 bits per heavy atom. The minimum Gasteiger partial charge on any atom is -0.229 e. The molecule has 1 aromatic rings. The summed E-state index contributed by atoms with van der Waals surface area (Å²) in [6.45, 7) is 32.8. The third-order valence-corrected chi connectivity index (χ3v) is 23.6. The average molecular weight is 1020 g/mol. The fourth-order valence-corrected chi connectivity index (χ4v) is 18.8. The summed E-state index contributed by atoms with van der Waals surface area (Å²) in [6, 6.07) is 9.79. The van der Waals surface area contributed by atoms with Crippen LogP contribution in [0.1, 0.15) is 205 Å². The molecule has 0 heterocycles. The second kappa shape index (κ2) is 24.1. The lowest BCUT2D eigenvalue weighted by Gasteiger charge is -2.62. The van der Waals surface area contributed by atoms with E-state index < -0.39 is 29.9 Å². The first kappa shape index (κ1) is 60.5. The summed E-state index contributed by atoms with van der Waals surface area (Å²) in [6.07, 6.45) is 19.6. The molecule has 7 aliphatic carbocycles. The van der Waals surface area contributed by atoms with Gasteiger partial charge in [-0.1, -0.05) is 127 Å². The first-order chi connectivity index (χ1) is 31.5. The van der Waals surface area contributed by atoms with Crippen LogP contribution in [0.3, 0.4) is 0 Å². The van der Waals surface area contributed by atoms with E-state index in [1.807, 2.05) is 37.3 Å². The highest BCUT2D eigenvalue weighted by Crippen LogP contribution is 2.65. The lowest BCUT2D eigenvalue weighted by atomic mass is 9.43. The van der Waals surface area contributed by atoms with Crippen LogP contribution in [0.15, 0.2) is 30.3 Å². The molecule has 8 nitrogen and oxygen atoms in total. The zero-order chi connectivity index (χ0) is 52.0. The maximum absolute atomic E-state index is 12.6. The topological polar surface area (TPSA) is 118 Å². The summed E-state index contributed by atoms with van der Waals surface area (Å²) < 4.78 is 75.2. The van der Waals surface area contributed by atoms with E-state index in [0.29, 0.717) is 69.0 Å². The zero-order valence-corrected chi connectivity index (χ0v) is 49.6. The standard InChI is InChI=1S/C19H31NO2S.C15H26.C12H25NO2S.C12H24O2S/c1-19(2,3)18-12-10-17(11-13-18)15-23(21,22)20(4)14-16-8-6-5-7-9-16;1-14(2,3)13-11-5-10-6-12(13)9-15(4,7-10)8-11;1-12(2,3)11-7-5-10(6-8-11)9-16(14,15)13-4;1-5-6-15(13,14)9-10-7-11(8-10)12(2,3)4/h5-9,17-18H,10-15H2,1-4H3;10-13H,5-9H2,1-4H3;10-11,13H,5-9H2,1-4H3;10-11H,5-9H2,1-4H3. The number of hydrogen-bond donors (Lipinski definition) is 1. The molecule has 11 heteroatoms. The number of sulfonamides is 2. The van der Waals surface area contributed by atoms with Crippen molar-refractivity contribution in [2.75, 3.05) is 37.1 Å². The number of benzene rings is 1. The van der Waals surface area contributed by atoms with Gasteiger partial charge < -0.3 is 0 Å². The van der Waals surface area contributed by atoms with Crippen molar-refractivity contribution < 1.29 is 25.3 Å². The second-order valence-corrected chi connectivity index (χ2v) is 34.7. The summed E-state index contributed by atoms with van der Waals surface area (Å²) in [5, 5.41) is 0. The van der Waals surface area contributed by atoms with Crippen LogP contribution in [-0.4, -0.2) is 66.7 Å². The monoisotopic (exact) mass is 1020 g/mol. The van der Waals surface area contributed by atoms with Crippen molar-refractivity contribution in [1.29, 1.82) is 0 Å². The van der Waals surface area contributed by atoms with Gasteiger partial charge >= 0.3 is 0 Å². The fourth-order valence-electron chi connectivity index (χ4n) is 14.3. The molecule has 0 saturated heterocycles. The maximum Gasteiger partial charge on any atom is 0.214 e. The lowest BCUT2D eigenvalue weighted by molar-refractivity contribution is -0.120. The molecule has 8 rings (SSSR count). The molecule has 0 aliphatic heterocycles. The van der Waals surface area contributed by atoms with E-state index in [9.17, 15) is 25.3 Å². The second-order valence-electron chi connectivity index (χ2n) is 28.4. The van der Waals surface area contributed by atoms with Crippen LogP contribution in [0, 0.1) is 86.3 Å². The van der Waals surface area contributed by atoms with Crippen LogP contribution < -0.4 is 4.72 Å². The molecule has 1 aromatic carbocycles. The van der Waals surface area contributed by atoms with Crippen molar-refractivity contribution in [1.82, 2.24) is 9.03 Å². The Morgan fingerprint density at radius 2 is 1.03 bits per heavy atom. The van der Waals surface area contributed by atoms with Gasteiger partial charge in [-0.15, -0.1) is 0 Å². The zero-order valence-electron chi connectivity index (χ0n) is 47.1. The molecule has 0 amide bonds.